The van der Waals surface area contributed by atoms with Crippen molar-refractivity contribution in [3.05, 3.63) is 24.0 Å². The molecule has 0 unspecified atom stereocenters. The lowest BCUT2D eigenvalue weighted by Gasteiger charge is -2.34. The van der Waals surface area contributed by atoms with Crippen LogP contribution in [0, 0.1) is 12.3 Å². The van der Waals surface area contributed by atoms with E-state index in [0.717, 1.165) is 10.6 Å². The van der Waals surface area contributed by atoms with Crippen LogP contribution in [0.5, 0.6) is 0 Å². The number of carbonyl (C=O) groups excluding carboxylic acids is 3. The summed E-state index contributed by atoms with van der Waals surface area (Å²) in [5.41, 5.74) is -0.138. The van der Waals surface area contributed by atoms with E-state index in [0.29, 0.717) is 5.69 Å². The van der Waals surface area contributed by atoms with Gasteiger partial charge in [-0.05, 0) is 32.9 Å². The first-order valence-corrected chi connectivity index (χ1v) is 5.46. The van der Waals surface area contributed by atoms with E-state index in [9.17, 15) is 14.4 Å². The Morgan fingerprint density at radius 3 is 2.44 bits per heavy atom. The van der Waals surface area contributed by atoms with E-state index in [1.54, 1.807) is 19.1 Å². The number of imide groups is 2. The van der Waals surface area contributed by atoms with Crippen LogP contribution in [-0.2, 0) is 9.59 Å². The van der Waals surface area contributed by atoms with Crippen LogP contribution in [0.15, 0.2) is 18.3 Å². The molecule has 1 aromatic heterocycles. The third-order valence-corrected chi connectivity index (χ3v) is 2.88. The molecule has 1 fully saturated rings. The maximum atomic E-state index is 12.2. The second-order valence-corrected chi connectivity index (χ2v) is 4.68. The Balaban J connectivity index is 2.43. The minimum atomic E-state index is -1.27. The van der Waals surface area contributed by atoms with Gasteiger partial charge in [-0.1, -0.05) is 0 Å². The van der Waals surface area contributed by atoms with Gasteiger partial charge in [0, 0.05) is 5.69 Å². The molecule has 0 radical (unpaired) electrons. The topological polar surface area (TPSA) is 79.4 Å². The zero-order valence-electron chi connectivity index (χ0n) is 10.4. The quantitative estimate of drug-likeness (QED) is 0.751. The van der Waals surface area contributed by atoms with Gasteiger partial charge in [0.15, 0.2) is 0 Å². The van der Waals surface area contributed by atoms with Crippen LogP contribution in [0.25, 0.3) is 0 Å². The summed E-state index contributed by atoms with van der Waals surface area (Å²) in [5.74, 6) is -1.14. The van der Waals surface area contributed by atoms with Crippen LogP contribution in [0.4, 0.5) is 10.5 Å². The van der Waals surface area contributed by atoms with Crippen LogP contribution in [0.1, 0.15) is 19.5 Å². The molecular formula is C12H13N3O3. The van der Waals surface area contributed by atoms with Crippen molar-refractivity contribution in [1.29, 1.82) is 0 Å². The molecule has 0 aromatic carbocycles. The number of urea groups is 1. The van der Waals surface area contributed by atoms with Crippen molar-refractivity contribution in [3.8, 4) is 0 Å². The predicted molar refractivity (Wildman–Crippen MR) is 63.8 cm³/mol. The number of aromatic nitrogens is 1. The molecule has 0 aliphatic carbocycles. The first-order valence-electron chi connectivity index (χ1n) is 5.46. The summed E-state index contributed by atoms with van der Waals surface area (Å²) < 4.78 is 0. The van der Waals surface area contributed by atoms with Gasteiger partial charge >= 0.3 is 6.03 Å². The lowest BCUT2D eigenvalue weighted by molar-refractivity contribution is -0.140. The van der Waals surface area contributed by atoms with Gasteiger partial charge in [-0.15, -0.1) is 0 Å². The minimum Gasteiger partial charge on any atom is -0.276 e. The summed E-state index contributed by atoms with van der Waals surface area (Å²) in [5, 5.41) is 2.16. The number of anilines is 1. The highest BCUT2D eigenvalue weighted by molar-refractivity contribution is 6.29. The van der Waals surface area contributed by atoms with Crippen LogP contribution in [0.3, 0.4) is 0 Å². The predicted octanol–water partition coefficient (Wildman–Crippen LogP) is 0.999. The lowest BCUT2D eigenvalue weighted by atomic mass is 9.88. The van der Waals surface area contributed by atoms with Crippen molar-refractivity contribution >= 4 is 23.5 Å². The third kappa shape index (κ3) is 1.75. The number of amides is 4. The SMILES string of the molecule is Cc1ccc(N2C(=O)NC(=O)C(C)(C)C2=O)cn1. The van der Waals surface area contributed by atoms with Gasteiger partial charge in [-0.3, -0.25) is 19.9 Å². The van der Waals surface area contributed by atoms with E-state index < -0.39 is 23.3 Å². The van der Waals surface area contributed by atoms with Crippen molar-refractivity contribution in [1.82, 2.24) is 10.3 Å². The summed E-state index contributed by atoms with van der Waals surface area (Å²) >= 11 is 0. The summed E-state index contributed by atoms with van der Waals surface area (Å²) in [7, 11) is 0. The molecule has 0 saturated carbocycles. The Bertz CT molecular complexity index is 534. The van der Waals surface area contributed by atoms with Crippen molar-refractivity contribution in [2.45, 2.75) is 20.8 Å². The first kappa shape index (κ1) is 12.2. The first-order chi connectivity index (χ1) is 8.34. The smallest absolute Gasteiger partial charge is 0.276 e. The van der Waals surface area contributed by atoms with Crippen molar-refractivity contribution < 1.29 is 14.4 Å². The van der Waals surface area contributed by atoms with Crippen molar-refractivity contribution in [3.63, 3.8) is 0 Å². The minimum absolute atomic E-state index is 0.351. The van der Waals surface area contributed by atoms with Crippen LogP contribution >= 0.6 is 0 Å². The summed E-state index contributed by atoms with van der Waals surface area (Å²) in [6.45, 7) is 4.76. The Kier molecular flexibility index (Phi) is 2.65. The van der Waals surface area contributed by atoms with E-state index in [-0.39, 0.29) is 0 Å². The lowest BCUT2D eigenvalue weighted by Crippen LogP contribution is -2.62. The van der Waals surface area contributed by atoms with Gasteiger partial charge in [-0.25, -0.2) is 9.69 Å². The molecule has 4 amide bonds. The normalized spacial score (nSPS) is 18.8. The van der Waals surface area contributed by atoms with Gasteiger partial charge in [0.05, 0.1) is 11.9 Å². The number of rotatable bonds is 1. The Labute approximate surface area is 104 Å². The van der Waals surface area contributed by atoms with E-state index in [1.165, 1.54) is 20.0 Å². The highest BCUT2D eigenvalue weighted by Gasteiger charge is 2.47. The average Bonchev–Trinajstić information content (AvgIpc) is 2.30. The summed E-state index contributed by atoms with van der Waals surface area (Å²) in [6, 6.07) is 2.57. The molecule has 1 aliphatic rings. The molecule has 6 heteroatoms. The zero-order valence-corrected chi connectivity index (χ0v) is 10.4. The van der Waals surface area contributed by atoms with Gasteiger partial charge < -0.3 is 0 Å². The maximum absolute atomic E-state index is 12.2. The Morgan fingerprint density at radius 1 is 1.22 bits per heavy atom. The van der Waals surface area contributed by atoms with E-state index in [1.807, 2.05) is 0 Å². The van der Waals surface area contributed by atoms with Crippen molar-refractivity contribution in [2.75, 3.05) is 4.90 Å². The molecule has 6 nitrogen and oxygen atoms in total. The standard InChI is InChI=1S/C12H13N3O3/c1-7-4-5-8(6-13-7)15-10(17)12(2,3)9(16)14-11(15)18/h4-6H,1-3H3,(H,14,16,18). The number of carbonyl (C=O) groups is 3. The molecule has 1 N–H and O–H groups in total. The number of pyridine rings is 1. The molecule has 0 bridgehead atoms. The van der Waals surface area contributed by atoms with Gasteiger partial charge in [0.1, 0.15) is 5.41 Å². The molecule has 1 aliphatic heterocycles. The van der Waals surface area contributed by atoms with Gasteiger partial charge in [0.25, 0.3) is 0 Å². The van der Waals surface area contributed by atoms with E-state index >= 15 is 0 Å². The van der Waals surface area contributed by atoms with E-state index in [4.69, 9.17) is 0 Å². The average molecular weight is 247 g/mol. The molecule has 18 heavy (non-hydrogen) atoms. The highest BCUT2D eigenvalue weighted by atomic mass is 16.2. The van der Waals surface area contributed by atoms with E-state index in [2.05, 4.69) is 10.3 Å². The number of nitrogens with one attached hydrogen (secondary N) is 1. The van der Waals surface area contributed by atoms with Gasteiger partial charge in [-0.2, -0.15) is 0 Å². The second-order valence-electron chi connectivity index (χ2n) is 4.68. The molecule has 0 spiro atoms. The molecular weight excluding hydrogens is 234 g/mol. The monoisotopic (exact) mass is 247 g/mol. The fourth-order valence-electron chi connectivity index (χ4n) is 1.60. The fourth-order valence-corrected chi connectivity index (χ4v) is 1.60. The molecule has 1 aromatic rings. The number of nitrogens with zero attached hydrogens (tertiary/aromatic N) is 2. The maximum Gasteiger partial charge on any atom is 0.335 e. The molecule has 2 heterocycles. The zero-order chi connectivity index (χ0) is 13.5. The summed E-state index contributed by atoms with van der Waals surface area (Å²) in [4.78, 5) is 40.4. The Morgan fingerprint density at radius 2 is 1.89 bits per heavy atom. The highest BCUT2D eigenvalue weighted by Crippen LogP contribution is 2.27. The van der Waals surface area contributed by atoms with Crippen LogP contribution in [0.2, 0.25) is 0 Å². The van der Waals surface area contributed by atoms with Crippen LogP contribution in [-0.4, -0.2) is 22.8 Å². The largest absolute Gasteiger partial charge is 0.335 e. The third-order valence-electron chi connectivity index (χ3n) is 2.88. The molecule has 0 atom stereocenters. The summed E-state index contributed by atoms with van der Waals surface area (Å²) in [6.07, 6.45) is 1.43. The fraction of sp³-hybridized carbons (Fsp3) is 0.333. The second kappa shape index (κ2) is 3.90. The molecule has 94 valence electrons. The number of barbiturate groups is 1. The number of hydrogen-bond acceptors (Lipinski definition) is 4. The molecule has 2 rings (SSSR count). The number of hydrogen-bond donors (Lipinski definition) is 1. The van der Waals surface area contributed by atoms with Crippen molar-refractivity contribution in [2.24, 2.45) is 5.41 Å². The molecule has 1 saturated heterocycles. The number of aryl methyl sites for hydroxylation is 1. The van der Waals surface area contributed by atoms with Crippen LogP contribution < -0.4 is 10.2 Å². The Hall–Kier alpha value is -2.24. The van der Waals surface area contributed by atoms with Gasteiger partial charge in [0.2, 0.25) is 11.8 Å².